The van der Waals surface area contributed by atoms with Crippen LogP contribution in [-0.2, 0) is 0 Å². The molecular formula is C14H13NO5. The second-order valence-corrected chi connectivity index (χ2v) is 4.54. The third kappa shape index (κ3) is 2.32. The summed E-state index contributed by atoms with van der Waals surface area (Å²) in [5.74, 6) is -0.200. The van der Waals surface area contributed by atoms with E-state index in [1.165, 1.54) is 6.07 Å². The van der Waals surface area contributed by atoms with Crippen molar-refractivity contribution in [3.8, 4) is 22.8 Å². The summed E-state index contributed by atoms with van der Waals surface area (Å²) in [6.45, 7) is 0. The lowest BCUT2D eigenvalue weighted by Crippen LogP contribution is -2.00. The van der Waals surface area contributed by atoms with Gasteiger partial charge in [-0.1, -0.05) is 11.2 Å². The molecule has 1 N–H and O–H groups in total. The first-order chi connectivity index (χ1) is 9.69. The van der Waals surface area contributed by atoms with Gasteiger partial charge in [0, 0.05) is 11.6 Å². The van der Waals surface area contributed by atoms with Crippen molar-refractivity contribution in [2.45, 2.75) is 18.9 Å². The Labute approximate surface area is 114 Å². The van der Waals surface area contributed by atoms with E-state index >= 15 is 0 Å². The highest BCUT2D eigenvalue weighted by Crippen LogP contribution is 2.41. The first-order valence-electron chi connectivity index (χ1n) is 6.23. The van der Waals surface area contributed by atoms with Gasteiger partial charge in [0.15, 0.2) is 11.5 Å². The summed E-state index contributed by atoms with van der Waals surface area (Å²) in [6.07, 6.45) is 2.21. The molecule has 3 rings (SSSR count). The molecule has 0 aliphatic heterocycles. The van der Waals surface area contributed by atoms with Gasteiger partial charge in [-0.2, -0.15) is 0 Å². The molecule has 1 saturated carbocycles. The fraction of sp³-hybridized carbons (Fsp3) is 0.286. The number of carboxylic acid groups (broad SMARTS) is 1. The number of para-hydroxylation sites is 1. The molecule has 6 nitrogen and oxygen atoms in total. The zero-order valence-electron chi connectivity index (χ0n) is 10.8. The highest BCUT2D eigenvalue weighted by Gasteiger charge is 2.27. The van der Waals surface area contributed by atoms with Crippen LogP contribution in [0.25, 0.3) is 11.3 Å². The minimum atomic E-state index is -1.16. The molecule has 1 aromatic carbocycles. The van der Waals surface area contributed by atoms with E-state index in [1.54, 1.807) is 25.3 Å². The van der Waals surface area contributed by atoms with Crippen molar-refractivity contribution in [1.82, 2.24) is 5.16 Å². The van der Waals surface area contributed by atoms with Gasteiger partial charge in [-0.05, 0) is 25.0 Å². The van der Waals surface area contributed by atoms with Crippen LogP contribution in [0, 0.1) is 0 Å². The first-order valence-corrected chi connectivity index (χ1v) is 6.23. The third-order valence-corrected chi connectivity index (χ3v) is 3.00. The van der Waals surface area contributed by atoms with Crippen LogP contribution >= 0.6 is 0 Å². The average Bonchev–Trinajstić information content (AvgIpc) is 3.12. The molecule has 0 amide bonds. The molecule has 2 aromatic rings. The van der Waals surface area contributed by atoms with Gasteiger partial charge in [0.1, 0.15) is 5.69 Å². The molecule has 1 aliphatic rings. The van der Waals surface area contributed by atoms with Gasteiger partial charge in [-0.25, -0.2) is 4.79 Å². The summed E-state index contributed by atoms with van der Waals surface area (Å²) in [5, 5.41) is 12.7. The maximum atomic E-state index is 10.9. The van der Waals surface area contributed by atoms with Gasteiger partial charge in [-0.3, -0.25) is 0 Å². The Bertz CT molecular complexity index is 645. The van der Waals surface area contributed by atoms with Crippen LogP contribution < -0.4 is 9.47 Å². The molecule has 104 valence electrons. The summed E-state index contributed by atoms with van der Waals surface area (Å²) >= 11 is 0. The van der Waals surface area contributed by atoms with Crippen LogP contribution in [0.2, 0.25) is 0 Å². The van der Waals surface area contributed by atoms with Crippen molar-refractivity contribution < 1.29 is 23.9 Å². The van der Waals surface area contributed by atoms with Gasteiger partial charge < -0.3 is 19.1 Å². The predicted molar refractivity (Wildman–Crippen MR) is 69.1 cm³/mol. The molecule has 0 saturated heterocycles. The molecule has 1 heterocycles. The number of methoxy groups -OCH3 is 1. The Kier molecular flexibility index (Phi) is 3.06. The maximum Gasteiger partial charge on any atom is 0.374 e. The summed E-state index contributed by atoms with van der Waals surface area (Å²) < 4.78 is 15.9. The minimum Gasteiger partial charge on any atom is -0.493 e. The Balaban J connectivity index is 2.03. The molecule has 1 fully saturated rings. The van der Waals surface area contributed by atoms with Crippen molar-refractivity contribution in [3.63, 3.8) is 0 Å². The van der Waals surface area contributed by atoms with Crippen LogP contribution in [0.3, 0.4) is 0 Å². The Hall–Kier alpha value is -2.50. The molecular weight excluding hydrogens is 262 g/mol. The summed E-state index contributed by atoms with van der Waals surface area (Å²) in [7, 11) is 1.56. The van der Waals surface area contributed by atoms with Crippen molar-refractivity contribution in [3.05, 3.63) is 30.0 Å². The van der Waals surface area contributed by atoms with Gasteiger partial charge >= 0.3 is 5.97 Å². The normalized spacial score (nSPS) is 14.1. The highest BCUT2D eigenvalue weighted by molar-refractivity contribution is 5.86. The van der Waals surface area contributed by atoms with E-state index in [2.05, 4.69) is 5.16 Å². The monoisotopic (exact) mass is 275 g/mol. The van der Waals surface area contributed by atoms with Crippen LogP contribution in [0.5, 0.6) is 11.5 Å². The minimum absolute atomic E-state index is 0.191. The van der Waals surface area contributed by atoms with Gasteiger partial charge in [-0.15, -0.1) is 0 Å². The number of hydrogen-bond acceptors (Lipinski definition) is 5. The molecule has 0 unspecified atom stereocenters. The Morgan fingerprint density at radius 1 is 1.45 bits per heavy atom. The second-order valence-electron chi connectivity index (χ2n) is 4.54. The average molecular weight is 275 g/mol. The zero-order chi connectivity index (χ0) is 14.1. The molecule has 0 radical (unpaired) electrons. The van der Waals surface area contributed by atoms with E-state index in [4.69, 9.17) is 19.1 Å². The third-order valence-electron chi connectivity index (χ3n) is 3.00. The molecule has 0 bridgehead atoms. The highest BCUT2D eigenvalue weighted by atomic mass is 16.5. The van der Waals surface area contributed by atoms with Gasteiger partial charge in [0.05, 0.1) is 13.2 Å². The SMILES string of the molecule is COc1cccc(-c2cc(C(=O)O)on2)c1OC1CC1. The van der Waals surface area contributed by atoms with Crippen molar-refractivity contribution in [2.24, 2.45) is 0 Å². The van der Waals surface area contributed by atoms with Crippen LogP contribution in [0.1, 0.15) is 23.4 Å². The molecule has 0 atom stereocenters. The number of benzene rings is 1. The fourth-order valence-corrected chi connectivity index (χ4v) is 1.86. The largest absolute Gasteiger partial charge is 0.493 e. The summed E-state index contributed by atoms with van der Waals surface area (Å²) in [4.78, 5) is 10.9. The summed E-state index contributed by atoms with van der Waals surface area (Å²) in [5.41, 5.74) is 1.07. The number of aromatic nitrogens is 1. The first kappa shape index (κ1) is 12.5. The standard InChI is InChI=1S/C14H13NO5/c1-18-11-4-2-3-9(13(11)19-8-5-6-8)10-7-12(14(16)17)20-15-10/h2-4,7-8H,5-6H2,1H3,(H,16,17). The number of ether oxygens (including phenoxy) is 2. The fourth-order valence-electron chi connectivity index (χ4n) is 1.86. The zero-order valence-corrected chi connectivity index (χ0v) is 10.8. The van der Waals surface area contributed by atoms with Crippen molar-refractivity contribution in [2.75, 3.05) is 7.11 Å². The quantitative estimate of drug-likeness (QED) is 0.903. The molecule has 6 heteroatoms. The number of rotatable bonds is 5. The van der Waals surface area contributed by atoms with Crippen LogP contribution in [-0.4, -0.2) is 29.4 Å². The smallest absolute Gasteiger partial charge is 0.374 e. The topological polar surface area (TPSA) is 81.8 Å². The number of carbonyl (C=O) groups is 1. The number of carboxylic acids is 1. The van der Waals surface area contributed by atoms with E-state index in [9.17, 15) is 4.79 Å². The lowest BCUT2D eigenvalue weighted by atomic mass is 10.1. The van der Waals surface area contributed by atoms with E-state index in [0.29, 0.717) is 22.8 Å². The van der Waals surface area contributed by atoms with Crippen molar-refractivity contribution >= 4 is 5.97 Å². The molecule has 20 heavy (non-hydrogen) atoms. The van der Waals surface area contributed by atoms with E-state index < -0.39 is 5.97 Å². The van der Waals surface area contributed by atoms with Crippen LogP contribution in [0.15, 0.2) is 28.8 Å². The Morgan fingerprint density at radius 3 is 2.85 bits per heavy atom. The van der Waals surface area contributed by atoms with Crippen LogP contribution in [0.4, 0.5) is 0 Å². The van der Waals surface area contributed by atoms with Gasteiger partial charge in [0.25, 0.3) is 0 Å². The van der Waals surface area contributed by atoms with Gasteiger partial charge in [0.2, 0.25) is 5.76 Å². The molecule has 1 aromatic heterocycles. The number of hydrogen-bond donors (Lipinski definition) is 1. The molecule has 1 aliphatic carbocycles. The molecule has 0 spiro atoms. The maximum absolute atomic E-state index is 10.9. The Morgan fingerprint density at radius 2 is 2.25 bits per heavy atom. The van der Waals surface area contributed by atoms with E-state index in [-0.39, 0.29) is 11.9 Å². The predicted octanol–water partition coefficient (Wildman–Crippen LogP) is 2.59. The number of aromatic carboxylic acids is 1. The lowest BCUT2D eigenvalue weighted by molar-refractivity contribution is 0.0652. The van der Waals surface area contributed by atoms with E-state index in [0.717, 1.165) is 12.8 Å². The summed E-state index contributed by atoms with van der Waals surface area (Å²) in [6, 6.07) is 6.75. The van der Waals surface area contributed by atoms with Crippen molar-refractivity contribution in [1.29, 1.82) is 0 Å². The van der Waals surface area contributed by atoms with E-state index in [1.807, 2.05) is 0 Å². The lowest BCUT2D eigenvalue weighted by Gasteiger charge is -2.13. The second kappa shape index (κ2) is 4.88. The number of nitrogens with zero attached hydrogens (tertiary/aromatic N) is 1.